The minimum absolute atomic E-state index is 0.284. The first-order chi connectivity index (χ1) is 13.3. The third-order valence-electron chi connectivity index (χ3n) is 5.50. The van der Waals surface area contributed by atoms with Crippen molar-refractivity contribution in [3.63, 3.8) is 0 Å². The van der Waals surface area contributed by atoms with Gasteiger partial charge in [0, 0.05) is 17.5 Å². The average molecular weight is 361 g/mol. The van der Waals surface area contributed by atoms with E-state index in [4.69, 9.17) is 19.6 Å². The Hall–Kier alpha value is -2.82. The number of aryl methyl sites for hydroxylation is 1. The highest BCUT2D eigenvalue weighted by molar-refractivity contribution is 5.80. The fourth-order valence-corrected chi connectivity index (χ4v) is 4.06. The quantitative estimate of drug-likeness (QED) is 0.647. The summed E-state index contributed by atoms with van der Waals surface area (Å²) < 4.78 is 13.2. The van der Waals surface area contributed by atoms with Crippen LogP contribution >= 0.6 is 0 Å². The van der Waals surface area contributed by atoms with Crippen LogP contribution in [-0.4, -0.2) is 21.6 Å². The highest BCUT2D eigenvalue weighted by atomic mass is 16.7. The zero-order chi connectivity index (χ0) is 18.2. The van der Waals surface area contributed by atoms with Crippen LogP contribution in [0.5, 0.6) is 11.5 Å². The fraction of sp³-hybridized carbons (Fsp3) is 0.364. The third kappa shape index (κ3) is 3.07. The van der Waals surface area contributed by atoms with Gasteiger partial charge >= 0.3 is 0 Å². The standard InChI is InChI=1S/C22H23N3O2/c1-15-6-5-9-19(23-15)22-18(13-25(24-22)17-7-3-2-4-8-17)16-10-11-20-21(12-16)27-14-26-20/h5-6,9-13,17H,2-4,7-8,14H2,1H3. The summed E-state index contributed by atoms with van der Waals surface area (Å²) in [6, 6.07) is 12.7. The molecule has 0 atom stereocenters. The van der Waals surface area contributed by atoms with E-state index in [9.17, 15) is 0 Å². The van der Waals surface area contributed by atoms with E-state index in [1.54, 1.807) is 0 Å². The zero-order valence-corrected chi connectivity index (χ0v) is 15.5. The Morgan fingerprint density at radius 3 is 2.70 bits per heavy atom. The normalized spacial score (nSPS) is 16.6. The summed E-state index contributed by atoms with van der Waals surface area (Å²) in [6.07, 6.45) is 8.47. The van der Waals surface area contributed by atoms with Crippen molar-refractivity contribution in [2.75, 3.05) is 6.79 Å². The van der Waals surface area contributed by atoms with E-state index in [1.165, 1.54) is 32.1 Å². The molecule has 1 fully saturated rings. The van der Waals surface area contributed by atoms with Gasteiger partial charge in [0.05, 0.1) is 11.7 Å². The molecule has 1 aromatic carbocycles. The molecule has 27 heavy (non-hydrogen) atoms. The van der Waals surface area contributed by atoms with Crippen LogP contribution in [0.2, 0.25) is 0 Å². The molecule has 0 unspecified atom stereocenters. The molecule has 5 rings (SSSR count). The predicted octanol–water partition coefficient (Wildman–Crippen LogP) is 5.15. The second kappa shape index (κ2) is 6.72. The van der Waals surface area contributed by atoms with Gasteiger partial charge in [0.15, 0.2) is 11.5 Å². The third-order valence-corrected chi connectivity index (χ3v) is 5.50. The number of aromatic nitrogens is 3. The molecule has 1 saturated carbocycles. The molecule has 0 radical (unpaired) electrons. The molecular weight excluding hydrogens is 338 g/mol. The maximum atomic E-state index is 5.58. The second-order valence-corrected chi connectivity index (χ2v) is 7.40. The van der Waals surface area contributed by atoms with Gasteiger partial charge in [0.2, 0.25) is 6.79 Å². The van der Waals surface area contributed by atoms with E-state index < -0.39 is 0 Å². The minimum Gasteiger partial charge on any atom is -0.454 e. The van der Waals surface area contributed by atoms with E-state index >= 15 is 0 Å². The van der Waals surface area contributed by atoms with Gasteiger partial charge in [-0.3, -0.25) is 9.67 Å². The lowest BCUT2D eigenvalue weighted by Crippen LogP contribution is -2.13. The van der Waals surface area contributed by atoms with Gasteiger partial charge < -0.3 is 9.47 Å². The monoisotopic (exact) mass is 361 g/mol. The Kier molecular flexibility index (Phi) is 4.07. The number of rotatable bonds is 3. The number of benzene rings is 1. The molecule has 0 saturated heterocycles. The first kappa shape index (κ1) is 16.4. The molecule has 2 aliphatic rings. The van der Waals surface area contributed by atoms with E-state index in [0.29, 0.717) is 6.04 Å². The van der Waals surface area contributed by atoms with Crippen LogP contribution in [0.1, 0.15) is 43.8 Å². The molecule has 5 nitrogen and oxygen atoms in total. The second-order valence-electron chi connectivity index (χ2n) is 7.40. The minimum atomic E-state index is 0.284. The molecule has 0 N–H and O–H groups in total. The Balaban J connectivity index is 1.62. The topological polar surface area (TPSA) is 49.2 Å². The van der Waals surface area contributed by atoms with Gasteiger partial charge in [-0.25, -0.2) is 0 Å². The molecule has 138 valence electrons. The maximum Gasteiger partial charge on any atom is 0.231 e. The highest BCUT2D eigenvalue weighted by Gasteiger charge is 2.22. The first-order valence-corrected chi connectivity index (χ1v) is 9.71. The molecular formula is C22H23N3O2. The number of ether oxygens (including phenoxy) is 2. The van der Waals surface area contributed by atoms with Crippen molar-refractivity contribution in [1.82, 2.24) is 14.8 Å². The van der Waals surface area contributed by atoms with Crippen LogP contribution in [0.4, 0.5) is 0 Å². The summed E-state index contributed by atoms with van der Waals surface area (Å²) in [7, 11) is 0. The molecule has 0 spiro atoms. The van der Waals surface area contributed by atoms with Crippen LogP contribution in [0.3, 0.4) is 0 Å². The first-order valence-electron chi connectivity index (χ1n) is 9.71. The van der Waals surface area contributed by atoms with Gasteiger partial charge in [-0.1, -0.05) is 31.4 Å². The number of nitrogens with zero attached hydrogens (tertiary/aromatic N) is 3. The number of hydrogen-bond donors (Lipinski definition) is 0. The van der Waals surface area contributed by atoms with Gasteiger partial charge in [-0.15, -0.1) is 0 Å². The van der Waals surface area contributed by atoms with Gasteiger partial charge in [-0.2, -0.15) is 5.10 Å². The van der Waals surface area contributed by atoms with Crippen molar-refractivity contribution in [3.8, 4) is 34.0 Å². The summed E-state index contributed by atoms with van der Waals surface area (Å²) in [4.78, 5) is 4.73. The Bertz CT molecular complexity index is 973. The van der Waals surface area contributed by atoms with E-state index in [2.05, 4.69) is 16.9 Å². The van der Waals surface area contributed by atoms with Crippen molar-refractivity contribution in [1.29, 1.82) is 0 Å². The van der Waals surface area contributed by atoms with Crippen LogP contribution in [-0.2, 0) is 0 Å². The zero-order valence-electron chi connectivity index (χ0n) is 15.5. The lowest BCUT2D eigenvalue weighted by Gasteiger charge is -2.21. The number of hydrogen-bond acceptors (Lipinski definition) is 4. The van der Waals surface area contributed by atoms with Crippen molar-refractivity contribution in [2.45, 2.75) is 45.1 Å². The summed E-state index contributed by atoms with van der Waals surface area (Å²) in [5.74, 6) is 1.59. The Labute approximate surface area is 159 Å². The van der Waals surface area contributed by atoms with E-state index in [-0.39, 0.29) is 6.79 Å². The molecule has 2 aromatic heterocycles. The predicted molar refractivity (Wildman–Crippen MR) is 104 cm³/mol. The summed E-state index contributed by atoms with van der Waals surface area (Å²) in [5.41, 5.74) is 5.02. The molecule has 1 aliphatic carbocycles. The molecule has 0 amide bonds. The summed E-state index contributed by atoms with van der Waals surface area (Å²) in [6.45, 7) is 2.30. The highest BCUT2D eigenvalue weighted by Crippen LogP contribution is 2.39. The van der Waals surface area contributed by atoms with Gasteiger partial charge in [0.1, 0.15) is 5.69 Å². The van der Waals surface area contributed by atoms with E-state index in [0.717, 1.165) is 39.7 Å². The maximum absolute atomic E-state index is 5.58. The largest absolute Gasteiger partial charge is 0.454 e. The SMILES string of the molecule is Cc1cccc(-c2nn(C3CCCCC3)cc2-c2ccc3c(c2)OCO3)n1. The van der Waals surface area contributed by atoms with E-state index in [1.807, 2.05) is 37.3 Å². The lowest BCUT2D eigenvalue weighted by atomic mass is 9.96. The smallest absolute Gasteiger partial charge is 0.231 e. The van der Waals surface area contributed by atoms with Crippen molar-refractivity contribution in [3.05, 3.63) is 48.3 Å². The van der Waals surface area contributed by atoms with Crippen LogP contribution in [0.15, 0.2) is 42.6 Å². The van der Waals surface area contributed by atoms with Gasteiger partial charge in [0.25, 0.3) is 0 Å². The van der Waals surface area contributed by atoms with Crippen molar-refractivity contribution in [2.24, 2.45) is 0 Å². The average Bonchev–Trinajstić information content (AvgIpc) is 3.35. The Morgan fingerprint density at radius 1 is 1.00 bits per heavy atom. The summed E-state index contributed by atoms with van der Waals surface area (Å²) in [5, 5.41) is 5.00. The molecule has 1 aliphatic heterocycles. The van der Waals surface area contributed by atoms with Crippen LogP contribution in [0.25, 0.3) is 22.5 Å². The molecule has 5 heteroatoms. The fourth-order valence-electron chi connectivity index (χ4n) is 4.06. The van der Waals surface area contributed by atoms with Crippen LogP contribution in [0, 0.1) is 6.92 Å². The van der Waals surface area contributed by atoms with Crippen molar-refractivity contribution >= 4 is 0 Å². The number of pyridine rings is 1. The van der Waals surface area contributed by atoms with Crippen molar-refractivity contribution < 1.29 is 9.47 Å². The lowest BCUT2D eigenvalue weighted by molar-refractivity contribution is 0.174. The van der Waals surface area contributed by atoms with Gasteiger partial charge in [-0.05, 0) is 49.6 Å². The molecule has 3 heterocycles. The molecule has 0 bridgehead atoms. The molecule has 3 aromatic rings. The Morgan fingerprint density at radius 2 is 1.85 bits per heavy atom. The van der Waals surface area contributed by atoms with Crippen LogP contribution < -0.4 is 9.47 Å². The summed E-state index contributed by atoms with van der Waals surface area (Å²) >= 11 is 0. The number of fused-ring (bicyclic) bond motifs is 1.